The Morgan fingerprint density at radius 1 is 1.15 bits per heavy atom. The maximum atomic E-state index is 13.5. The molecule has 2 atom stereocenters. The summed E-state index contributed by atoms with van der Waals surface area (Å²) in [7, 11) is -2.08. The van der Waals surface area contributed by atoms with Crippen molar-refractivity contribution in [3.05, 3.63) is 59.4 Å². The summed E-state index contributed by atoms with van der Waals surface area (Å²) >= 11 is 0. The van der Waals surface area contributed by atoms with E-state index in [1.807, 2.05) is 13.8 Å². The zero-order chi connectivity index (χ0) is 24.9. The van der Waals surface area contributed by atoms with E-state index >= 15 is 0 Å². The molecule has 180 valence electrons. The van der Waals surface area contributed by atoms with E-state index < -0.39 is 40.4 Å². The lowest BCUT2D eigenvalue weighted by molar-refractivity contribution is -0.139. The molecule has 33 heavy (non-hydrogen) atoms. The maximum absolute atomic E-state index is 13.5. The van der Waals surface area contributed by atoms with E-state index in [-0.39, 0.29) is 12.3 Å². The molecule has 2 aromatic rings. The number of hydrogen-bond acceptors (Lipinski definition) is 5. The summed E-state index contributed by atoms with van der Waals surface area (Å²) in [4.78, 5) is 10.7. The second-order valence-electron chi connectivity index (χ2n) is 8.30. The van der Waals surface area contributed by atoms with E-state index in [4.69, 9.17) is 5.11 Å². The van der Waals surface area contributed by atoms with Gasteiger partial charge >= 0.3 is 5.97 Å². The summed E-state index contributed by atoms with van der Waals surface area (Å²) in [5.74, 6) is -1.59. The molecule has 2 unspecified atom stereocenters. The van der Waals surface area contributed by atoms with Gasteiger partial charge < -0.3 is 15.3 Å². The van der Waals surface area contributed by atoms with Crippen molar-refractivity contribution < 1.29 is 32.9 Å². The number of aliphatic hydroxyl groups excluding tert-OH is 2. The van der Waals surface area contributed by atoms with Gasteiger partial charge in [0.2, 0.25) is 10.0 Å². The van der Waals surface area contributed by atoms with E-state index in [2.05, 4.69) is 0 Å². The fraction of sp³-hybridized carbons (Fsp3) is 0.375. The summed E-state index contributed by atoms with van der Waals surface area (Å²) < 4.78 is 39.0. The molecule has 0 amide bonds. The summed E-state index contributed by atoms with van der Waals surface area (Å²) in [5.41, 5.74) is 3.24. The summed E-state index contributed by atoms with van der Waals surface area (Å²) in [6.07, 6.45) is 1.30. The van der Waals surface area contributed by atoms with Crippen LogP contribution < -0.4 is 4.31 Å². The van der Waals surface area contributed by atoms with Crippen molar-refractivity contribution in [2.75, 3.05) is 17.6 Å². The third kappa shape index (κ3) is 7.38. The van der Waals surface area contributed by atoms with E-state index in [1.165, 1.54) is 25.3 Å². The van der Waals surface area contributed by atoms with Gasteiger partial charge in [0.1, 0.15) is 5.82 Å². The number of carbonyl (C=O) groups is 1. The van der Waals surface area contributed by atoms with E-state index in [0.717, 1.165) is 16.1 Å². The van der Waals surface area contributed by atoms with Crippen molar-refractivity contribution in [2.45, 2.75) is 44.8 Å². The Morgan fingerprint density at radius 3 is 2.27 bits per heavy atom. The molecule has 0 aliphatic heterocycles. The number of benzene rings is 2. The second-order valence-corrected chi connectivity index (χ2v) is 10.3. The molecule has 2 aromatic carbocycles. The Hall–Kier alpha value is -2.75. The predicted octanol–water partition coefficient (Wildman–Crippen LogP) is 3.61. The molecule has 7 nitrogen and oxygen atoms in total. The van der Waals surface area contributed by atoms with Gasteiger partial charge in [-0.15, -0.1) is 0 Å². The van der Waals surface area contributed by atoms with Gasteiger partial charge in [-0.2, -0.15) is 0 Å². The highest BCUT2D eigenvalue weighted by atomic mass is 32.2. The molecule has 0 aliphatic rings. The normalized spacial score (nSPS) is 13.9. The van der Waals surface area contributed by atoms with Crippen molar-refractivity contribution in [3.63, 3.8) is 0 Å². The van der Waals surface area contributed by atoms with Gasteiger partial charge in [-0.3, -0.25) is 9.10 Å². The van der Waals surface area contributed by atoms with E-state index in [1.54, 1.807) is 30.3 Å². The predicted molar refractivity (Wildman–Crippen MR) is 127 cm³/mol. The Labute approximate surface area is 193 Å². The van der Waals surface area contributed by atoms with Crippen LogP contribution in [0.1, 0.15) is 43.7 Å². The molecule has 0 aliphatic carbocycles. The fourth-order valence-electron chi connectivity index (χ4n) is 3.41. The highest BCUT2D eigenvalue weighted by Crippen LogP contribution is 2.36. The molecule has 3 N–H and O–H groups in total. The quantitative estimate of drug-likeness (QED) is 0.480. The number of halogens is 1. The van der Waals surface area contributed by atoms with Crippen LogP contribution in [0, 0.1) is 5.82 Å². The number of hydrogen-bond donors (Lipinski definition) is 3. The van der Waals surface area contributed by atoms with Crippen LogP contribution in [0.5, 0.6) is 0 Å². The average Bonchev–Trinajstić information content (AvgIpc) is 2.70. The van der Waals surface area contributed by atoms with Crippen molar-refractivity contribution in [2.24, 2.45) is 0 Å². The average molecular weight is 480 g/mol. The molecule has 0 saturated carbocycles. The van der Waals surface area contributed by atoms with Crippen molar-refractivity contribution in [1.29, 1.82) is 0 Å². The van der Waals surface area contributed by atoms with Crippen LogP contribution in [0.4, 0.5) is 10.1 Å². The lowest BCUT2D eigenvalue weighted by atomic mass is 9.88. The van der Waals surface area contributed by atoms with Crippen molar-refractivity contribution in [1.82, 2.24) is 0 Å². The maximum Gasteiger partial charge on any atom is 0.305 e. The smallest absolute Gasteiger partial charge is 0.305 e. The van der Waals surface area contributed by atoms with Crippen LogP contribution in [-0.2, 0) is 14.8 Å². The number of aliphatic carboxylic acids is 1. The number of carboxylic acids is 1. The Balaban J connectivity index is 2.61. The monoisotopic (exact) mass is 479 g/mol. The zero-order valence-corrected chi connectivity index (χ0v) is 19.9. The minimum absolute atomic E-state index is 0.0218. The van der Waals surface area contributed by atoms with Gasteiger partial charge in [-0.05, 0) is 52.4 Å². The molecule has 0 spiro atoms. The molecule has 0 aromatic heterocycles. The first-order valence-corrected chi connectivity index (χ1v) is 12.3. The SMILES string of the molecule is CC(C)c1cc(N(C)S(C)(=O)=O)cc(-c2ccc(F)cc2)c1/C=C/C(O)CC(O)CC(=O)O. The molecule has 0 bridgehead atoms. The van der Waals surface area contributed by atoms with Gasteiger partial charge in [-0.25, -0.2) is 12.8 Å². The summed E-state index contributed by atoms with van der Waals surface area (Å²) in [6.45, 7) is 3.89. The molecule has 0 radical (unpaired) electrons. The van der Waals surface area contributed by atoms with Crippen LogP contribution >= 0.6 is 0 Å². The number of anilines is 1. The van der Waals surface area contributed by atoms with E-state index in [0.29, 0.717) is 22.4 Å². The largest absolute Gasteiger partial charge is 0.481 e. The molecule has 0 heterocycles. The molecular formula is C24H30FNO6S. The Morgan fingerprint density at radius 2 is 1.76 bits per heavy atom. The molecule has 9 heteroatoms. The van der Waals surface area contributed by atoms with Crippen LogP contribution in [0.3, 0.4) is 0 Å². The number of carboxylic acid groups (broad SMARTS) is 1. The second kappa shape index (κ2) is 10.9. The number of aliphatic hydroxyl groups is 2. The van der Waals surface area contributed by atoms with Gasteiger partial charge in [0.25, 0.3) is 0 Å². The van der Waals surface area contributed by atoms with Crippen molar-refractivity contribution in [3.8, 4) is 11.1 Å². The van der Waals surface area contributed by atoms with Gasteiger partial charge in [-0.1, -0.05) is 38.1 Å². The first kappa shape index (κ1) is 26.5. The Bertz CT molecular complexity index is 1110. The van der Waals surface area contributed by atoms with Gasteiger partial charge in [0.15, 0.2) is 0 Å². The molecule has 0 fully saturated rings. The van der Waals surface area contributed by atoms with Crippen LogP contribution in [0.2, 0.25) is 0 Å². The topological polar surface area (TPSA) is 115 Å². The third-order valence-corrected chi connectivity index (χ3v) is 6.45. The van der Waals surface area contributed by atoms with Gasteiger partial charge in [0.05, 0.1) is 30.6 Å². The van der Waals surface area contributed by atoms with Crippen LogP contribution in [0.15, 0.2) is 42.5 Å². The van der Waals surface area contributed by atoms with Crippen LogP contribution in [0.25, 0.3) is 17.2 Å². The minimum Gasteiger partial charge on any atom is -0.481 e. The third-order valence-electron chi connectivity index (χ3n) is 5.24. The molecule has 2 rings (SSSR count). The van der Waals surface area contributed by atoms with E-state index in [9.17, 15) is 27.8 Å². The highest BCUT2D eigenvalue weighted by molar-refractivity contribution is 7.92. The minimum atomic E-state index is -3.53. The van der Waals surface area contributed by atoms with Crippen LogP contribution in [-0.4, -0.2) is 55.2 Å². The standard InChI is InChI=1S/C24H30FNO6S/c1-15(2)22-11-18(26(3)33(4,31)32)12-23(16-5-7-17(25)8-6-16)21(22)10-9-19(27)13-20(28)14-24(29)30/h5-12,15,19-20,27-28H,13-14H2,1-4H3,(H,29,30)/b10-9+. The summed E-state index contributed by atoms with van der Waals surface area (Å²) in [5, 5.41) is 28.9. The summed E-state index contributed by atoms with van der Waals surface area (Å²) in [6, 6.07) is 9.23. The number of rotatable bonds is 10. The lowest BCUT2D eigenvalue weighted by Gasteiger charge is -2.23. The fourth-order valence-corrected chi connectivity index (χ4v) is 3.90. The number of nitrogens with zero attached hydrogens (tertiary/aromatic N) is 1. The first-order chi connectivity index (χ1) is 15.3. The van der Waals surface area contributed by atoms with Crippen molar-refractivity contribution >= 4 is 27.8 Å². The molecule has 0 saturated heterocycles. The first-order valence-electron chi connectivity index (χ1n) is 10.4. The lowest BCUT2D eigenvalue weighted by Crippen LogP contribution is -2.25. The zero-order valence-electron chi connectivity index (χ0n) is 19.1. The molecular weight excluding hydrogens is 449 g/mol. The number of sulfonamides is 1. The van der Waals surface area contributed by atoms with Gasteiger partial charge in [0, 0.05) is 13.5 Å². The Kier molecular flexibility index (Phi) is 8.76. The highest BCUT2D eigenvalue weighted by Gasteiger charge is 2.20.